The molecular weight excluding hydrogens is 530 g/mol. The molecule has 7 nitrogen and oxygen atoms in total. The van der Waals surface area contributed by atoms with E-state index in [4.69, 9.17) is 9.47 Å². The molecule has 0 heterocycles. The van der Waals surface area contributed by atoms with Crippen LogP contribution in [0, 0.1) is 41.4 Å². The summed E-state index contributed by atoms with van der Waals surface area (Å²) in [4.78, 5) is 38.6. The number of amides is 1. The Hall–Kier alpha value is -1.47. The van der Waals surface area contributed by atoms with Crippen molar-refractivity contribution in [3.63, 3.8) is 0 Å². The van der Waals surface area contributed by atoms with Crippen LogP contribution in [0.2, 0.25) is 0 Å². The predicted octanol–water partition coefficient (Wildman–Crippen LogP) is 7.20. The van der Waals surface area contributed by atoms with E-state index in [1.54, 1.807) is 14.2 Å². The van der Waals surface area contributed by atoms with E-state index < -0.39 is 5.97 Å². The lowest BCUT2D eigenvalue weighted by atomic mass is 9.73. The van der Waals surface area contributed by atoms with E-state index in [2.05, 4.69) is 26.1 Å². The first-order valence-electron chi connectivity index (χ1n) is 17.2. The second-order valence-corrected chi connectivity index (χ2v) is 14.6. The standard InChI is InChI=1S/C35H61NO6/c1-23(2)18-29(31(37)19-28(22-35(39)40)27-14-17-32(41-4)33(20-27)42-5)21-34(38)36-30-15-11-25(12-16-30)10-13-26-9-7-6-8-24(26)3/h23-30,32-33H,6-22H2,1-5H3,(H,36,38)(H,39,40)/t24?,25?,26?,27?,28-,29?,30?,32?,33?/m0/s1. The Kier molecular flexibility index (Phi) is 14.8. The maximum Gasteiger partial charge on any atom is 0.303 e. The zero-order valence-corrected chi connectivity index (χ0v) is 27.3. The number of ether oxygens (including phenoxy) is 2. The van der Waals surface area contributed by atoms with Crippen LogP contribution in [0.1, 0.15) is 130 Å². The van der Waals surface area contributed by atoms with Crippen molar-refractivity contribution in [2.45, 2.75) is 148 Å². The molecule has 3 aliphatic rings. The number of Topliss-reactive ketones (excluding diaryl/α,β-unsaturated/α-hetero) is 1. The van der Waals surface area contributed by atoms with Crippen LogP contribution in [0.3, 0.4) is 0 Å². The minimum Gasteiger partial charge on any atom is -0.481 e. The highest BCUT2D eigenvalue weighted by molar-refractivity contribution is 5.87. The molecule has 3 saturated carbocycles. The molecule has 6 unspecified atom stereocenters. The number of aliphatic carboxylic acids is 1. The molecule has 0 aromatic rings. The van der Waals surface area contributed by atoms with E-state index >= 15 is 0 Å². The molecule has 3 fully saturated rings. The topological polar surface area (TPSA) is 102 Å². The molecule has 242 valence electrons. The summed E-state index contributed by atoms with van der Waals surface area (Å²) in [6, 6.07) is 0.207. The van der Waals surface area contributed by atoms with Crippen molar-refractivity contribution in [2.24, 2.45) is 41.4 Å². The molecule has 0 aromatic heterocycles. The van der Waals surface area contributed by atoms with E-state index in [0.29, 0.717) is 12.8 Å². The third kappa shape index (κ3) is 11.2. The van der Waals surface area contributed by atoms with E-state index in [0.717, 1.165) is 43.4 Å². The van der Waals surface area contributed by atoms with Crippen molar-refractivity contribution in [2.75, 3.05) is 14.2 Å². The number of methoxy groups -OCH3 is 2. The summed E-state index contributed by atoms with van der Waals surface area (Å²) in [6.45, 7) is 6.60. The van der Waals surface area contributed by atoms with Gasteiger partial charge in [0.1, 0.15) is 5.78 Å². The Labute approximate surface area is 255 Å². The Balaban J connectivity index is 1.50. The highest BCUT2D eigenvalue weighted by Crippen LogP contribution is 2.38. The summed E-state index contributed by atoms with van der Waals surface area (Å²) in [5.41, 5.74) is 0. The van der Waals surface area contributed by atoms with Crippen LogP contribution >= 0.6 is 0 Å². The largest absolute Gasteiger partial charge is 0.481 e. The van der Waals surface area contributed by atoms with E-state index in [9.17, 15) is 19.5 Å². The Morgan fingerprint density at radius 3 is 2.14 bits per heavy atom. The van der Waals surface area contributed by atoms with Crippen molar-refractivity contribution in [3.8, 4) is 0 Å². The number of hydrogen-bond acceptors (Lipinski definition) is 5. The normalized spacial score (nSPS) is 31.8. The van der Waals surface area contributed by atoms with Gasteiger partial charge in [0, 0.05) is 45.4 Å². The van der Waals surface area contributed by atoms with Gasteiger partial charge in [-0.25, -0.2) is 0 Å². The maximum absolute atomic E-state index is 13.7. The molecule has 0 aliphatic heterocycles. The van der Waals surface area contributed by atoms with Gasteiger partial charge in [0.2, 0.25) is 5.91 Å². The van der Waals surface area contributed by atoms with Crippen molar-refractivity contribution in [1.82, 2.24) is 5.32 Å². The fourth-order valence-corrected chi connectivity index (χ4v) is 8.41. The number of rotatable bonds is 16. The van der Waals surface area contributed by atoms with Gasteiger partial charge >= 0.3 is 5.97 Å². The molecule has 0 saturated heterocycles. The molecule has 0 bridgehead atoms. The Morgan fingerprint density at radius 2 is 1.52 bits per heavy atom. The molecule has 0 radical (unpaired) electrons. The number of nitrogens with one attached hydrogen (secondary N) is 1. The summed E-state index contributed by atoms with van der Waals surface area (Å²) in [7, 11) is 3.35. The molecule has 0 spiro atoms. The molecule has 7 heteroatoms. The van der Waals surface area contributed by atoms with E-state index in [-0.39, 0.29) is 72.9 Å². The third-order valence-electron chi connectivity index (χ3n) is 11.0. The van der Waals surface area contributed by atoms with Gasteiger partial charge in [-0.3, -0.25) is 14.4 Å². The highest BCUT2D eigenvalue weighted by Gasteiger charge is 2.37. The Morgan fingerprint density at radius 1 is 0.833 bits per heavy atom. The quantitative estimate of drug-likeness (QED) is 0.197. The fraction of sp³-hybridized carbons (Fsp3) is 0.914. The summed E-state index contributed by atoms with van der Waals surface area (Å²) in [6.07, 6.45) is 16.0. The predicted molar refractivity (Wildman–Crippen MR) is 166 cm³/mol. The molecule has 42 heavy (non-hydrogen) atoms. The van der Waals surface area contributed by atoms with Gasteiger partial charge in [-0.1, -0.05) is 52.9 Å². The first-order chi connectivity index (χ1) is 20.1. The molecule has 3 rings (SSSR count). The lowest BCUT2D eigenvalue weighted by molar-refractivity contribution is -0.140. The Bertz CT molecular complexity index is 837. The SMILES string of the molecule is COC1CCC([C@H](CC(=O)O)CC(=O)C(CC(=O)NC2CCC(CCC3CCCCC3C)CC2)CC(C)C)CC1OC. The van der Waals surface area contributed by atoms with Gasteiger partial charge in [0.05, 0.1) is 12.2 Å². The van der Waals surface area contributed by atoms with Crippen LogP contribution in [0.4, 0.5) is 0 Å². The zero-order valence-electron chi connectivity index (χ0n) is 27.3. The summed E-state index contributed by atoms with van der Waals surface area (Å²) in [5.74, 6) is 1.44. The maximum atomic E-state index is 13.7. The molecule has 1 amide bonds. The summed E-state index contributed by atoms with van der Waals surface area (Å²) >= 11 is 0. The van der Waals surface area contributed by atoms with Crippen LogP contribution in [0.25, 0.3) is 0 Å². The van der Waals surface area contributed by atoms with Crippen LogP contribution in [0.15, 0.2) is 0 Å². The average molecular weight is 592 g/mol. The highest BCUT2D eigenvalue weighted by atomic mass is 16.5. The number of hydrogen-bond donors (Lipinski definition) is 2. The molecule has 2 N–H and O–H groups in total. The van der Waals surface area contributed by atoms with Gasteiger partial charge in [0.25, 0.3) is 0 Å². The number of carbonyl (C=O) groups excluding carboxylic acids is 2. The molecule has 7 atom stereocenters. The average Bonchev–Trinajstić information content (AvgIpc) is 2.96. The van der Waals surface area contributed by atoms with Gasteiger partial charge < -0.3 is 19.9 Å². The smallest absolute Gasteiger partial charge is 0.303 e. The van der Waals surface area contributed by atoms with Crippen molar-refractivity contribution in [1.29, 1.82) is 0 Å². The number of ketones is 1. The van der Waals surface area contributed by atoms with Crippen molar-refractivity contribution in [3.05, 3.63) is 0 Å². The fourth-order valence-electron chi connectivity index (χ4n) is 8.41. The minimum absolute atomic E-state index is 0.000435. The number of carbonyl (C=O) groups is 3. The van der Waals surface area contributed by atoms with E-state index in [1.165, 1.54) is 51.4 Å². The molecule has 0 aromatic carbocycles. The van der Waals surface area contributed by atoms with Gasteiger partial charge in [0.15, 0.2) is 0 Å². The van der Waals surface area contributed by atoms with Gasteiger partial charge in [-0.05, 0) is 93.3 Å². The lowest BCUT2D eigenvalue weighted by Gasteiger charge is -2.38. The second kappa shape index (κ2) is 17.7. The summed E-state index contributed by atoms with van der Waals surface area (Å²) in [5, 5.41) is 12.9. The van der Waals surface area contributed by atoms with E-state index in [1.807, 2.05) is 0 Å². The first-order valence-corrected chi connectivity index (χ1v) is 17.2. The second-order valence-electron chi connectivity index (χ2n) is 14.6. The zero-order chi connectivity index (χ0) is 30.6. The van der Waals surface area contributed by atoms with Gasteiger partial charge in [-0.2, -0.15) is 0 Å². The third-order valence-corrected chi connectivity index (χ3v) is 11.0. The minimum atomic E-state index is -0.877. The monoisotopic (exact) mass is 591 g/mol. The lowest BCUT2D eigenvalue weighted by Crippen LogP contribution is -2.40. The molecular formula is C35H61NO6. The van der Waals surface area contributed by atoms with Crippen molar-refractivity contribution < 1.29 is 29.0 Å². The number of carboxylic acid groups (broad SMARTS) is 1. The van der Waals surface area contributed by atoms with Crippen LogP contribution in [-0.4, -0.2) is 55.2 Å². The van der Waals surface area contributed by atoms with Crippen LogP contribution < -0.4 is 5.32 Å². The number of carboxylic acids is 1. The summed E-state index contributed by atoms with van der Waals surface area (Å²) < 4.78 is 11.2. The van der Waals surface area contributed by atoms with Crippen LogP contribution in [0.5, 0.6) is 0 Å². The van der Waals surface area contributed by atoms with Gasteiger partial charge in [-0.15, -0.1) is 0 Å². The van der Waals surface area contributed by atoms with Crippen LogP contribution in [-0.2, 0) is 23.9 Å². The first kappa shape index (κ1) is 35.0. The van der Waals surface area contributed by atoms with Crippen molar-refractivity contribution >= 4 is 17.7 Å². The molecule has 3 aliphatic carbocycles.